The summed E-state index contributed by atoms with van der Waals surface area (Å²) in [5, 5.41) is 12.3. The number of carboxylic acids is 1. The van der Waals surface area contributed by atoms with E-state index >= 15 is 0 Å². The summed E-state index contributed by atoms with van der Waals surface area (Å²) in [5.74, 6) is -1.02. The van der Waals surface area contributed by atoms with E-state index in [0.29, 0.717) is 6.54 Å². The Labute approximate surface area is 122 Å². The van der Waals surface area contributed by atoms with E-state index < -0.39 is 5.97 Å². The summed E-state index contributed by atoms with van der Waals surface area (Å²) in [6.07, 6.45) is 0. The maximum absolute atomic E-state index is 10.8. The Morgan fingerprint density at radius 3 is 2.72 bits per heavy atom. The van der Waals surface area contributed by atoms with Gasteiger partial charge in [0.2, 0.25) is 0 Å². The van der Waals surface area contributed by atoms with Crippen LogP contribution < -0.4 is 5.32 Å². The number of rotatable bonds is 4. The van der Waals surface area contributed by atoms with E-state index in [4.69, 9.17) is 16.7 Å². The number of halogens is 2. The molecule has 0 atom stereocenters. The molecule has 18 heavy (non-hydrogen) atoms. The molecular formula is C12H9BrClNO2S. The van der Waals surface area contributed by atoms with Gasteiger partial charge in [-0.25, -0.2) is 4.79 Å². The summed E-state index contributed by atoms with van der Waals surface area (Å²) in [4.78, 5) is 12.0. The molecule has 1 aromatic carbocycles. The molecule has 0 unspecified atom stereocenters. The highest BCUT2D eigenvalue weighted by atomic mass is 79.9. The smallest absolute Gasteiger partial charge is 0.337 e. The van der Waals surface area contributed by atoms with Gasteiger partial charge in [0, 0.05) is 17.1 Å². The van der Waals surface area contributed by atoms with Crippen LogP contribution in [-0.2, 0) is 6.54 Å². The van der Waals surface area contributed by atoms with Crippen LogP contribution in [0.4, 0.5) is 5.69 Å². The minimum Gasteiger partial charge on any atom is -0.478 e. The summed E-state index contributed by atoms with van der Waals surface area (Å²) in [6.45, 7) is 0.680. The molecule has 0 fully saturated rings. The first kappa shape index (κ1) is 13.4. The van der Waals surface area contributed by atoms with Gasteiger partial charge in [0.05, 0.1) is 14.4 Å². The SMILES string of the molecule is O=C(O)c1ccc(NCc2ccc(Br)s2)cc1Cl. The number of carboxylic acid groups (broad SMARTS) is 1. The minimum atomic E-state index is -1.02. The van der Waals surface area contributed by atoms with E-state index in [0.717, 1.165) is 9.47 Å². The Kier molecular flexibility index (Phi) is 4.27. The van der Waals surface area contributed by atoms with E-state index in [-0.39, 0.29) is 10.6 Å². The van der Waals surface area contributed by atoms with Crippen molar-refractivity contribution in [1.82, 2.24) is 0 Å². The first-order valence-corrected chi connectivity index (χ1v) is 7.06. The minimum absolute atomic E-state index is 0.112. The summed E-state index contributed by atoms with van der Waals surface area (Å²) < 4.78 is 1.08. The average molecular weight is 347 g/mol. The summed E-state index contributed by atoms with van der Waals surface area (Å²) in [5.41, 5.74) is 0.913. The maximum atomic E-state index is 10.8. The van der Waals surface area contributed by atoms with Crippen molar-refractivity contribution in [3.63, 3.8) is 0 Å². The van der Waals surface area contributed by atoms with E-state index in [9.17, 15) is 4.79 Å². The van der Waals surface area contributed by atoms with Crippen molar-refractivity contribution in [1.29, 1.82) is 0 Å². The average Bonchev–Trinajstić information content (AvgIpc) is 2.72. The van der Waals surface area contributed by atoms with Gasteiger partial charge in [0.1, 0.15) is 0 Å². The van der Waals surface area contributed by atoms with E-state index in [1.54, 1.807) is 23.5 Å². The highest BCUT2D eigenvalue weighted by Gasteiger charge is 2.08. The summed E-state index contributed by atoms with van der Waals surface area (Å²) >= 11 is 10.9. The highest BCUT2D eigenvalue weighted by molar-refractivity contribution is 9.11. The zero-order chi connectivity index (χ0) is 13.1. The number of thiophene rings is 1. The molecule has 2 N–H and O–H groups in total. The van der Waals surface area contributed by atoms with Gasteiger partial charge >= 0.3 is 5.97 Å². The Hall–Kier alpha value is -1.04. The van der Waals surface area contributed by atoms with Gasteiger partial charge in [-0.3, -0.25) is 0 Å². The van der Waals surface area contributed by atoms with Crippen molar-refractivity contribution >= 4 is 50.5 Å². The lowest BCUT2D eigenvalue weighted by Gasteiger charge is -2.06. The Morgan fingerprint density at radius 2 is 2.17 bits per heavy atom. The number of carbonyl (C=O) groups is 1. The van der Waals surface area contributed by atoms with Crippen molar-refractivity contribution in [2.45, 2.75) is 6.54 Å². The van der Waals surface area contributed by atoms with Gasteiger partial charge < -0.3 is 10.4 Å². The molecule has 0 aliphatic carbocycles. The Morgan fingerprint density at radius 1 is 1.39 bits per heavy atom. The molecule has 0 aliphatic rings. The predicted octanol–water partition coefficient (Wildman–Crippen LogP) is 4.47. The Balaban J connectivity index is 2.06. The van der Waals surface area contributed by atoms with Crippen LogP contribution in [0.15, 0.2) is 34.1 Å². The van der Waals surface area contributed by atoms with Gasteiger partial charge in [-0.05, 0) is 46.3 Å². The molecule has 94 valence electrons. The monoisotopic (exact) mass is 345 g/mol. The van der Waals surface area contributed by atoms with Gasteiger partial charge in [-0.1, -0.05) is 11.6 Å². The van der Waals surface area contributed by atoms with Crippen LogP contribution in [0.1, 0.15) is 15.2 Å². The van der Waals surface area contributed by atoms with Crippen molar-refractivity contribution in [3.05, 3.63) is 49.6 Å². The third-order valence-electron chi connectivity index (χ3n) is 2.30. The van der Waals surface area contributed by atoms with E-state index in [1.165, 1.54) is 10.9 Å². The third kappa shape index (κ3) is 3.25. The fraction of sp³-hybridized carbons (Fsp3) is 0.0833. The molecule has 2 aromatic rings. The fourth-order valence-corrected chi connectivity index (χ4v) is 3.12. The summed E-state index contributed by atoms with van der Waals surface area (Å²) in [6, 6.07) is 8.83. The van der Waals surface area contributed by atoms with E-state index in [2.05, 4.69) is 21.2 Å². The van der Waals surface area contributed by atoms with Crippen LogP contribution in [0.2, 0.25) is 5.02 Å². The van der Waals surface area contributed by atoms with Crippen LogP contribution in [-0.4, -0.2) is 11.1 Å². The molecule has 2 rings (SSSR count). The van der Waals surface area contributed by atoms with Crippen LogP contribution in [0.5, 0.6) is 0 Å². The standard InChI is InChI=1S/C12H9BrClNO2S/c13-11-4-2-8(18-11)6-15-7-1-3-9(12(16)17)10(14)5-7/h1-5,15H,6H2,(H,16,17). The maximum Gasteiger partial charge on any atom is 0.337 e. The van der Waals surface area contributed by atoms with Gasteiger partial charge in [-0.15, -0.1) is 11.3 Å². The number of hydrogen-bond donors (Lipinski definition) is 2. The number of nitrogens with one attached hydrogen (secondary N) is 1. The van der Waals surface area contributed by atoms with E-state index in [1.807, 2.05) is 12.1 Å². The van der Waals surface area contributed by atoms with Crippen LogP contribution in [0.3, 0.4) is 0 Å². The molecular weight excluding hydrogens is 338 g/mol. The molecule has 1 heterocycles. The predicted molar refractivity (Wildman–Crippen MR) is 77.8 cm³/mol. The number of hydrogen-bond acceptors (Lipinski definition) is 3. The molecule has 1 aromatic heterocycles. The quantitative estimate of drug-likeness (QED) is 0.858. The van der Waals surface area contributed by atoms with Crippen molar-refractivity contribution in [2.75, 3.05) is 5.32 Å². The van der Waals surface area contributed by atoms with Crippen LogP contribution in [0.25, 0.3) is 0 Å². The van der Waals surface area contributed by atoms with Gasteiger partial charge in [0.25, 0.3) is 0 Å². The first-order valence-electron chi connectivity index (χ1n) is 5.07. The van der Waals surface area contributed by atoms with Gasteiger partial charge in [-0.2, -0.15) is 0 Å². The first-order chi connectivity index (χ1) is 8.56. The summed E-state index contributed by atoms with van der Waals surface area (Å²) in [7, 11) is 0. The molecule has 3 nitrogen and oxygen atoms in total. The van der Waals surface area contributed by atoms with Gasteiger partial charge in [0.15, 0.2) is 0 Å². The lowest BCUT2D eigenvalue weighted by molar-refractivity contribution is 0.0697. The lowest BCUT2D eigenvalue weighted by atomic mass is 10.2. The highest BCUT2D eigenvalue weighted by Crippen LogP contribution is 2.24. The second-order valence-corrected chi connectivity index (χ2v) is 6.51. The van der Waals surface area contributed by atoms with Crippen LogP contribution >= 0.6 is 38.9 Å². The molecule has 6 heteroatoms. The molecule has 0 saturated carbocycles. The molecule has 0 saturated heterocycles. The molecule has 0 aliphatic heterocycles. The third-order valence-corrected chi connectivity index (χ3v) is 4.23. The fourth-order valence-electron chi connectivity index (χ4n) is 1.43. The second-order valence-electron chi connectivity index (χ2n) is 3.56. The number of anilines is 1. The number of benzene rings is 1. The zero-order valence-electron chi connectivity index (χ0n) is 9.11. The molecule has 0 bridgehead atoms. The molecule has 0 spiro atoms. The molecule has 0 radical (unpaired) electrons. The van der Waals surface area contributed by atoms with Crippen molar-refractivity contribution in [2.24, 2.45) is 0 Å². The van der Waals surface area contributed by atoms with Crippen molar-refractivity contribution < 1.29 is 9.90 Å². The largest absolute Gasteiger partial charge is 0.478 e. The van der Waals surface area contributed by atoms with Crippen molar-refractivity contribution in [3.8, 4) is 0 Å². The normalized spacial score (nSPS) is 10.3. The zero-order valence-corrected chi connectivity index (χ0v) is 12.3. The Bertz CT molecular complexity index is 585. The molecule has 0 amide bonds. The lowest BCUT2D eigenvalue weighted by Crippen LogP contribution is -2.00. The number of aromatic carboxylic acids is 1. The van der Waals surface area contributed by atoms with Crippen LogP contribution in [0, 0.1) is 0 Å². The second kappa shape index (κ2) is 5.73. The topological polar surface area (TPSA) is 49.3 Å².